The Morgan fingerprint density at radius 1 is 1.23 bits per heavy atom. The summed E-state index contributed by atoms with van der Waals surface area (Å²) in [6.07, 6.45) is 2.81. The Hall–Kier alpha value is -3.02. The third kappa shape index (κ3) is 3.99. The van der Waals surface area contributed by atoms with E-state index >= 15 is 0 Å². The maximum absolute atomic E-state index is 12.8. The maximum Gasteiger partial charge on any atom is 0.271 e. The molecular formula is C16H13FN2O3. The van der Waals surface area contributed by atoms with E-state index in [0.717, 1.165) is 0 Å². The van der Waals surface area contributed by atoms with Gasteiger partial charge in [-0.1, -0.05) is 18.2 Å². The van der Waals surface area contributed by atoms with Gasteiger partial charge in [0.2, 0.25) is 5.91 Å². The summed E-state index contributed by atoms with van der Waals surface area (Å²) in [5.41, 5.74) is 1.67. The number of nitrogens with zero attached hydrogens (tertiary/aromatic N) is 1. The summed E-state index contributed by atoms with van der Waals surface area (Å²) < 4.78 is 12.8. The average molecular weight is 300 g/mol. The van der Waals surface area contributed by atoms with Crippen molar-refractivity contribution in [3.8, 4) is 0 Å². The molecule has 2 rings (SSSR count). The van der Waals surface area contributed by atoms with Gasteiger partial charge >= 0.3 is 0 Å². The molecule has 0 atom stereocenters. The van der Waals surface area contributed by atoms with Gasteiger partial charge in [0.15, 0.2) is 0 Å². The molecule has 0 aliphatic rings. The summed E-state index contributed by atoms with van der Waals surface area (Å²) >= 11 is 0. The Morgan fingerprint density at radius 2 is 1.91 bits per heavy atom. The molecular weight excluding hydrogens is 287 g/mol. The molecule has 0 radical (unpaired) electrons. The zero-order valence-electron chi connectivity index (χ0n) is 11.7. The molecule has 0 saturated carbocycles. The van der Waals surface area contributed by atoms with Gasteiger partial charge in [0.1, 0.15) is 5.82 Å². The van der Waals surface area contributed by atoms with E-state index in [4.69, 9.17) is 0 Å². The molecule has 0 unspecified atom stereocenters. The van der Waals surface area contributed by atoms with Crippen molar-refractivity contribution in [3.63, 3.8) is 0 Å². The molecule has 5 nitrogen and oxygen atoms in total. The van der Waals surface area contributed by atoms with E-state index in [1.807, 2.05) is 0 Å². The highest BCUT2D eigenvalue weighted by molar-refractivity contribution is 6.02. The lowest BCUT2D eigenvalue weighted by atomic mass is 10.1. The van der Waals surface area contributed by atoms with Crippen molar-refractivity contribution in [2.24, 2.45) is 0 Å². The van der Waals surface area contributed by atoms with Crippen molar-refractivity contribution in [3.05, 3.63) is 75.6 Å². The van der Waals surface area contributed by atoms with Crippen molar-refractivity contribution >= 4 is 23.4 Å². The zero-order chi connectivity index (χ0) is 16.1. The van der Waals surface area contributed by atoms with Gasteiger partial charge in [-0.05, 0) is 36.3 Å². The van der Waals surface area contributed by atoms with Gasteiger partial charge < -0.3 is 5.32 Å². The molecule has 0 aliphatic carbocycles. The number of nitro groups is 1. The maximum atomic E-state index is 12.8. The molecule has 0 heterocycles. The molecule has 6 heteroatoms. The topological polar surface area (TPSA) is 72.2 Å². The van der Waals surface area contributed by atoms with Crippen molar-refractivity contribution < 1.29 is 14.1 Å². The lowest BCUT2D eigenvalue weighted by molar-refractivity contribution is -0.384. The standard InChI is InChI=1S/C16H13FN2O3/c1-11-2-8-14(19(21)22)10-15(11)18-16(20)9-5-12-3-6-13(17)7-4-12/h2-10H,1H3,(H,18,20). The van der Waals surface area contributed by atoms with Gasteiger partial charge in [-0.3, -0.25) is 14.9 Å². The first-order valence-corrected chi connectivity index (χ1v) is 6.45. The number of hydrogen-bond donors (Lipinski definition) is 1. The summed E-state index contributed by atoms with van der Waals surface area (Å²) in [5, 5.41) is 13.3. The van der Waals surface area contributed by atoms with E-state index in [1.165, 1.54) is 48.6 Å². The van der Waals surface area contributed by atoms with E-state index < -0.39 is 10.8 Å². The largest absolute Gasteiger partial charge is 0.322 e. The molecule has 2 aromatic carbocycles. The van der Waals surface area contributed by atoms with Crippen LogP contribution in [0.15, 0.2) is 48.5 Å². The molecule has 0 aromatic heterocycles. The number of amides is 1. The summed E-state index contributed by atoms with van der Waals surface area (Å²) in [6, 6.07) is 9.91. The van der Waals surface area contributed by atoms with Gasteiger partial charge in [0.25, 0.3) is 5.69 Å². The van der Waals surface area contributed by atoms with Gasteiger partial charge in [-0.2, -0.15) is 0 Å². The number of rotatable bonds is 4. The monoisotopic (exact) mass is 300 g/mol. The number of carbonyl (C=O) groups excluding carboxylic acids is 1. The fraction of sp³-hybridized carbons (Fsp3) is 0.0625. The minimum atomic E-state index is -0.524. The van der Waals surface area contributed by atoms with Crippen LogP contribution >= 0.6 is 0 Å². The van der Waals surface area contributed by atoms with Crippen LogP contribution in [-0.2, 0) is 4.79 Å². The first kappa shape index (κ1) is 15.4. The molecule has 0 aliphatic heterocycles. The highest BCUT2D eigenvalue weighted by atomic mass is 19.1. The van der Waals surface area contributed by atoms with E-state index in [1.54, 1.807) is 13.0 Å². The quantitative estimate of drug-likeness (QED) is 0.531. The number of hydrogen-bond acceptors (Lipinski definition) is 3. The zero-order valence-corrected chi connectivity index (χ0v) is 11.7. The Bertz CT molecular complexity index is 740. The van der Waals surface area contributed by atoms with Crippen LogP contribution in [0.5, 0.6) is 0 Å². The predicted molar refractivity (Wildman–Crippen MR) is 81.9 cm³/mol. The summed E-state index contributed by atoms with van der Waals surface area (Å²) in [7, 11) is 0. The Balaban J connectivity index is 2.10. The molecule has 0 saturated heterocycles. The molecule has 0 fully saturated rings. The molecule has 0 bridgehead atoms. The summed E-state index contributed by atoms with van der Waals surface area (Å²) in [4.78, 5) is 22.1. The number of nitro benzene ring substituents is 1. The van der Waals surface area contributed by atoms with E-state index in [9.17, 15) is 19.3 Å². The summed E-state index contributed by atoms with van der Waals surface area (Å²) in [6.45, 7) is 1.74. The summed E-state index contributed by atoms with van der Waals surface area (Å²) in [5.74, 6) is -0.776. The molecule has 0 spiro atoms. The molecule has 112 valence electrons. The second kappa shape index (κ2) is 6.62. The number of carbonyl (C=O) groups is 1. The fourth-order valence-corrected chi connectivity index (χ4v) is 1.78. The van der Waals surface area contributed by atoms with Crippen LogP contribution in [0.1, 0.15) is 11.1 Å². The predicted octanol–water partition coefficient (Wildman–Crippen LogP) is 3.69. The van der Waals surface area contributed by atoms with Crippen LogP contribution in [0.4, 0.5) is 15.8 Å². The Morgan fingerprint density at radius 3 is 2.55 bits per heavy atom. The van der Waals surface area contributed by atoms with Gasteiger partial charge in [0.05, 0.1) is 10.6 Å². The average Bonchev–Trinajstić information content (AvgIpc) is 2.48. The van der Waals surface area contributed by atoms with E-state index in [0.29, 0.717) is 16.8 Å². The Labute approximate surface area is 126 Å². The van der Waals surface area contributed by atoms with E-state index in [-0.39, 0.29) is 11.5 Å². The van der Waals surface area contributed by atoms with Crippen LogP contribution in [0.25, 0.3) is 6.08 Å². The number of non-ortho nitro benzene ring substituents is 1. The second-order valence-electron chi connectivity index (χ2n) is 4.63. The number of aryl methyl sites for hydroxylation is 1. The number of anilines is 1. The lowest BCUT2D eigenvalue weighted by Crippen LogP contribution is -2.09. The minimum Gasteiger partial charge on any atom is -0.322 e. The Kier molecular flexibility index (Phi) is 4.63. The first-order valence-electron chi connectivity index (χ1n) is 6.45. The highest BCUT2D eigenvalue weighted by Gasteiger charge is 2.09. The minimum absolute atomic E-state index is 0.0941. The van der Waals surface area contributed by atoms with Crippen molar-refractivity contribution in [2.75, 3.05) is 5.32 Å². The van der Waals surface area contributed by atoms with E-state index in [2.05, 4.69) is 5.32 Å². The third-order valence-electron chi connectivity index (χ3n) is 2.99. The first-order chi connectivity index (χ1) is 10.5. The number of halogens is 1. The van der Waals surface area contributed by atoms with Crippen LogP contribution in [0.3, 0.4) is 0 Å². The number of nitrogens with one attached hydrogen (secondary N) is 1. The van der Waals surface area contributed by atoms with Crippen LogP contribution in [0.2, 0.25) is 0 Å². The third-order valence-corrected chi connectivity index (χ3v) is 2.99. The van der Waals surface area contributed by atoms with Gasteiger partial charge in [-0.25, -0.2) is 4.39 Å². The molecule has 1 amide bonds. The molecule has 22 heavy (non-hydrogen) atoms. The number of benzene rings is 2. The van der Waals surface area contributed by atoms with Gasteiger partial charge in [-0.15, -0.1) is 0 Å². The van der Waals surface area contributed by atoms with Crippen LogP contribution < -0.4 is 5.32 Å². The highest BCUT2D eigenvalue weighted by Crippen LogP contribution is 2.21. The normalized spacial score (nSPS) is 10.6. The fourth-order valence-electron chi connectivity index (χ4n) is 1.78. The van der Waals surface area contributed by atoms with Crippen molar-refractivity contribution in [1.82, 2.24) is 0 Å². The lowest BCUT2D eigenvalue weighted by Gasteiger charge is -2.05. The molecule has 1 N–H and O–H groups in total. The smallest absolute Gasteiger partial charge is 0.271 e. The van der Waals surface area contributed by atoms with Crippen molar-refractivity contribution in [1.29, 1.82) is 0 Å². The van der Waals surface area contributed by atoms with Crippen LogP contribution in [-0.4, -0.2) is 10.8 Å². The van der Waals surface area contributed by atoms with Gasteiger partial charge in [0, 0.05) is 18.2 Å². The second-order valence-corrected chi connectivity index (χ2v) is 4.63. The molecule has 2 aromatic rings. The van der Waals surface area contributed by atoms with Crippen molar-refractivity contribution in [2.45, 2.75) is 6.92 Å². The SMILES string of the molecule is Cc1ccc([N+](=O)[O-])cc1NC(=O)C=Cc1ccc(F)cc1. The van der Waals surface area contributed by atoms with Crippen LogP contribution in [0, 0.1) is 22.9 Å².